The molecule has 1 atom stereocenters. The molecule has 6 nitrogen and oxygen atoms in total. The van der Waals surface area contributed by atoms with Crippen LogP contribution in [0.1, 0.15) is 12.8 Å². The lowest BCUT2D eigenvalue weighted by Crippen LogP contribution is -2.60. The van der Waals surface area contributed by atoms with Crippen LogP contribution in [-0.4, -0.2) is 59.2 Å². The van der Waals surface area contributed by atoms with Gasteiger partial charge >= 0.3 is 5.97 Å². The monoisotopic (exact) mass is 290 g/mol. The number of pyridine rings is 1. The summed E-state index contributed by atoms with van der Waals surface area (Å²) in [5, 5.41) is 9.43. The first kappa shape index (κ1) is 14.3. The Morgan fingerprint density at radius 3 is 2.57 bits per heavy atom. The Kier molecular flexibility index (Phi) is 3.82. The van der Waals surface area contributed by atoms with Crippen molar-refractivity contribution in [3.63, 3.8) is 0 Å². The van der Waals surface area contributed by atoms with E-state index >= 15 is 0 Å². The molecule has 3 rings (SSSR count). The van der Waals surface area contributed by atoms with Crippen molar-refractivity contribution in [1.82, 2.24) is 9.88 Å². The Morgan fingerprint density at radius 2 is 2.05 bits per heavy atom. The number of anilines is 1. The third kappa shape index (κ3) is 3.01. The molecule has 0 radical (unpaired) electrons. The molecule has 0 aromatic carbocycles. The minimum atomic E-state index is -1.08. The van der Waals surface area contributed by atoms with E-state index in [1.54, 1.807) is 6.20 Å². The van der Waals surface area contributed by atoms with Gasteiger partial charge in [-0.3, -0.25) is 9.69 Å². The Bertz CT molecular complexity index is 498. The summed E-state index contributed by atoms with van der Waals surface area (Å²) in [5.74, 6) is 0.262. The van der Waals surface area contributed by atoms with Crippen molar-refractivity contribution < 1.29 is 9.90 Å². The SMILES string of the molecule is NC(CN1CCN(c2ccccn2)CC1)(C(=O)O)C1CC1. The first-order chi connectivity index (χ1) is 10.1. The predicted molar refractivity (Wildman–Crippen MR) is 80.2 cm³/mol. The highest BCUT2D eigenvalue weighted by Gasteiger charge is 2.49. The van der Waals surface area contributed by atoms with E-state index in [0.717, 1.165) is 44.8 Å². The van der Waals surface area contributed by atoms with Crippen molar-refractivity contribution in [3.8, 4) is 0 Å². The van der Waals surface area contributed by atoms with Gasteiger partial charge in [0, 0.05) is 38.9 Å². The van der Waals surface area contributed by atoms with E-state index in [-0.39, 0.29) is 5.92 Å². The lowest BCUT2D eigenvalue weighted by Gasteiger charge is -2.39. The molecular weight excluding hydrogens is 268 g/mol. The highest BCUT2D eigenvalue weighted by Crippen LogP contribution is 2.39. The number of aliphatic carboxylic acids is 1. The van der Waals surface area contributed by atoms with Gasteiger partial charge in [0.2, 0.25) is 0 Å². The summed E-state index contributed by atoms with van der Waals surface area (Å²) in [4.78, 5) is 20.2. The molecule has 6 heteroatoms. The number of piperazine rings is 1. The maximum absolute atomic E-state index is 11.5. The van der Waals surface area contributed by atoms with Crippen LogP contribution in [0.25, 0.3) is 0 Å². The molecule has 1 saturated carbocycles. The Labute approximate surface area is 124 Å². The summed E-state index contributed by atoms with van der Waals surface area (Å²) in [6.07, 6.45) is 3.68. The highest BCUT2D eigenvalue weighted by atomic mass is 16.4. The molecule has 2 aliphatic rings. The van der Waals surface area contributed by atoms with E-state index in [1.165, 1.54) is 0 Å². The molecule has 2 heterocycles. The number of carboxylic acid groups (broad SMARTS) is 1. The van der Waals surface area contributed by atoms with E-state index in [1.807, 2.05) is 18.2 Å². The van der Waals surface area contributed by atoms with Crippen LogP contribution in [0, 0.1) is 5.92 Å². The number of hydrogen-bond donors (Lipinski definition) is 2. The molecule has 1 aliphatic heterocycles. The molecule has 0 bridgehead atoms. The van der Waals surface area contributed by atoms with Crippen LogP contribution in [0.2, 0.25) is 0 Å². The van der Waals surface area contributed by atoms with E-state index in [0.29, 0.717) is 6.54 Å². The molecule has 1 saturated heterocycles. The lowest BCUT2D eigenvalue weighted by molar-refractivity contribution is -0.145. The summed E-state index contributed by atoms with van der Waals surface area (Å²) in [6, 6.07) is 5.90. The standard InChI is InChI=1S/C15H22N4O2/c16-15(14(20)21,12-4-5-12)11-18-7-9-19(10-8-18)13-3-1-2-6-17-13/h1-3,6,12H,4-5,7-11,16H2,(H,20,21). The first-order valence-electron chi connectivity index (χ1n) is 7.50. The molecule has 0 amide bonds. The van der Waals surface area contributed by atoms with E-state index < -0.39 is 11.5 Å². The molecule has 21 heavy (non-hydrogen) atoms. The quantitative estimate of drug-likeness (QED) is 0.816. The Hall–Kier alpha value is -1.66. The number of aromatic nitrogens is 1. The van der Waals surface area contributed by atoms with Gasteiger partial charge in [0.25, 0.3) is 0 Å². The summed E-state index contributed by atoms with van der Waals surface area (Å²) in [5.41, 5.74) is 5.08. The third-order valence-corrected chi connectivity index (χ3v) is 4.53. The molecule has 3 N–H and O–H groups in total. The number of hydrogen-bond acceptors (Lipinski definition) is 5. The number of carbonyl (C=O) groups is 1. The summed E-state index contributed by atoms with van der Waals surface area (Å²) in [7, 11) is 0. The molecular formula is C15H22N4O2. The van der Waals surface area contributed by atoms with Gasteiger partial charge < -0.3 is 15.7 Å². The van der Waals surface area contributed by atoms with Gasteiger partial charge in [0.1, 0.15) is 11.4 Å². The average Bonchev–Trinajstić information content (AvgIpc) is 3.34. The number of carboxylic acids is 1. The minimum Gasteiger partial charge on any atom is -0.480 e. The van der Waals surface area contributed by atoms with Gasteiger partial charge in [-0.2, -0.15) is 0 Å². The lowest BCUT2D eigenvalue weighted by atomic mass is 9.93. The number of rotatable bonds is 5. The number of nitrogens with two attached hydrogens (primary N) is 1. The van der Waals surface area contributed by atoms with Gasteiger partial charge in [0.05, 0.1) is 0 Å². The Balaban J connectivity index is 1.57. The van der Waals surface area contributed by atoms with Crippen LogP contribution in [0.15, 0.2) is 24.4 Å². The van der Waals surface area contributed by atoms with Crippen molar-refractivity contribution in [3.05, 3.63) is 24.4 Å². The van der Waals surface area contributed by atoms with Crippen LogP contribution in [0.4, 0.5) is 5.82 Å². The second-order valence-corrected chi connectivity index (χ2v) is 6.07. The van der Waals surface area contributed by atoms with E-state index in [9.17, 15) is 9.90 Å². The summed E-state index contributed by atoms with van der Waals surface area (Å²) >= 11 is 0. The van der Waals surface area contributed by atoms with Crippen LogP contribution in [-0.2, 0) is 4.79 Å². The maximum Gasteiger partial charge on any atom is 0.325 e. The largest absolute Gasteiger partial charge is 0.480 e. The Morgan fingerprint density at radius 1 is 1.33 bits per heavy atom. The second kappa shape index (κ2) is 5.61. The van der Waals surface area contributed by atoms with Crippen molar-refractivity contribution in [2.75, 3.05) is 37.6 Å². The van der Waals surface area contributed by atoms with Crippen LogP contribution >= 0.6 is 0 Å². The molecule has 1 aromatic heterocycles. The van der Waals surface area contributed by atoms with Gasteiger partial charge in [-0.1, -0.05) is 6.07 Å². The fraction of sp³-hybridized carbons (Fsp3) is 0.600. The topological polar surface area (TPSA) is 82.7 Å². The maximum atomic E-state index is 11.5. The molecule has 0 spiro atoms. The van der Waals surface area contributed by atoms with Crippen molar-refractivity contribution in [2.45, 2.75) is 18.4 Å². The zero-order chi connectivity index (χ0) is 14.9. The molecule has 2 fully saturated rings. The normalized spacial score (nSPS) is 22.8. The van der Waals surface area contributed by atoms with Crippen LogP contribution in [0.5, 0.6) is 0 Å². The molecule has 1 aromatic rings. The fourth-order valence-corrected chi connectivity index (χ4v) is 3.02. The third-order valence-electron chi connectivity index (χ3n) is 4.53. The number of nitrogens with zero attached hydrogens (tertiary/aromatic N) is 3. The van der Waals surface area contributed by atoms with Crippen molar-refractivity contribution in [2.24, 2.45) is 11.7 Å². The van der Waals surface area contributed by atoms with Gasteiger partial charge in [-0.25, -0.2) is 4.98 Å². The first-order valence-corrected chi connectivity index (χ1v) is 7.50. The zero-order valence-corrected chi connectivity index (χ0v) is 12.1. The zero-order valence-electron chi connectivity index (χ0n) is 12.1. The highest BCUT2D eigenvalue weighted by molar-refractivity contribution is 5.79. The molecule has 114 valence electrons. The minimum absolute atomic E-state index is 0.142. The van der Waals surface area contributed by atoms with E-state index in [4.69, 9.17) is 5.73 Å². The van der Waals surface area contributed by atoms with Gasteiger partial charge in [-0.15, -0.1) is 0 Å². The van der Waals surface area contributed by atoms with Crippen molar-refractivity contribution >= 4 is 11.8 Å². The summed E-state index contributed by atoms with van der Waals surface area (Å²) < 4.78 is 0. The van der Waals surface area contributed by atoms with Gasteiger partial charge in [0.15, 0.2) is 0 Å². The predicted octanol–water partition coefficient (Wildman–Crippen LogP) is 0.396. The smallest absolute Gasteiger partial charge is 0.325 e. The summed E-state index contributed by atoms with van der Waals surface area (Å²) in [6.45, 7) is 3.82. The van der Waals surface area contributed by atoms with Crippen molar-refractivity contribution in [1.29, 1.82) is 0 Å². The van der Waals surface area contributed by atoms with Gasteiger partial charge in [-0.05, 0) is 30.9 Å². The fourth-order valence-electron chi connectivity index (χ4n) is 3.02. The average molecular weight is 290 g/mol. The van der Waals surface area contributed by atoms with E-state index in [2.05, 4.69) is 14.8 Å². The molecule has 1 aliphatic carbocycles. The molecule has 1 unspecified atom stereocenters. The van der Waals surface area contributed by atoms with Crippen LogP contribution in [0.3, 0.4) is 0 Å². The second-order valence-electron chi connectivity index (χ2n) is 6.07. The van der Waals surface area contributed by atoms with Crippen LogP contribution < -0.4 is 10.6 Å².